The average Bonchev–Trinajstić information content (AvgIpc) is 2.85. The summed E-state index contributed by atoms with van der Waals surface area (Å²) in [7, 11) is 0. The van der Waals surface area contributed by atoms with Crippen molar-refractivity contribution in [1.29, 1.82) is 0 Å². The van der Waals surface area contributed by atoms with Crippen LogP contribution in [-0.4, -0.2) is 37.9 Å². The third kappa shape index (κ3) is 5.84. The van der Waals surface area contributed by atoms with Crippen molar-refractivity contribution < 1.29 is 9.47 Å². The van der Waals surface area contributed by atoms with Gasteiger partial charge in [-0.25, -0.2) is 0 Å². The fourth-order valence-electron chi connectivity index (χ4n) is 4.06. The highest BCUT2D eigenvalue weighted by Crippen LogP contribution is 2.32. The monoisotopic (exact) mass is 413 g/mol. The second-order valence-electron chi connectivity index (χ2n) is 7.87. The van der Waals surface area contributed by atoms with Crippen LogP contribution in [0, 0.1) is 0 Å². The first-order valence-electron chi connectivity index (χ1n) is 11.2. The van der Waals surface area contributed by atoms with Crippen molar-refractivity contribution in [2.45, 2.75) is 19.8 Å². The van der Waals surface area contributed by atoms with Crippen LogP contribution in [0.25, 0.3) is 11.1 Å². The summed E-state index contributed by atoms with van der Waals surface area (Å²) in [5, 5.41) is 0. The van der Waals surface area contributed by atoms with Gasteiger partial charge in [0.1, 0.15) is 12.5 Å². The summed E-state index contributed by atoms with van der Waals surface area (Å²) in [5.41, 5.74) is 6.67. The van der Waals surface area contributed by atoms with Gasteiger partial charge >= 0.3 is 0 Å². The third-order valence-electron chi connectivity index (χ3n) is 5.78. The molecule has 3 nitrogen and oxygen atoms in total. The number of hydrogen-bond donors (Lipinski definition) is 0. The molecule has 1 aliphatic rings. The second-order valence-corrected chi connectivity index (χ2v) is 7.87. The van der Waals surface area contributed by atoms with Gasteiger partial charge in [0.05, 0.1) is 13.2 Å². The molecule has 160 valence electrons. The van der Waals surface area contributed by atoms with E-state index in [4.69, 9.17) is 9.47 Å². The van der Waals surface area contributed by atoms with E-state index in [0.29, 0.717) is 6.73 Å². The molecule has 0 spiro atoms. The largest absolute Gasteiger partial charge is 0.478 e. The molecule has 4 rings (SSSR count). The van der Waals surface area contributed by atoms with E-state index in [0.717, 1.165) is 44.9 Å². The summed E-state index contributed by atoms with van der Waals surface area (Å²) in [4.78, 5) is 2.28. The number of benzene rings is 3. The molecule has 0 unspecified atom stereocenters. The van der Waals surface area contributed by atoms with Gasteiger partial charge in [-0.1, -0.05) is 79.7 Å². The summed E-state index contributed by atoms with van der Waals surface area (Å²) in [6, 6.07) is 30.1. The molecule has 3 heteroatoms. The molecular weight excluding hydrogens is 382 g/mol. The molecule has 3 aromatic rings. The Hall–Kier alpha value is -2.88. The predicted molar refractivity (Wildman–Crippen MR) is 128 cm³/mol. The van der Waals surface area contributed by atoms with Crippen LogP contribution in [0.15, 0.2) is 84.9 Å². The maximum atomic E-state index is 5.99. The minimum absolute atomic E-state index is 0.617. The highest BCUT2D eigenvalue weighted by Gasteiger charge is 2.13. The van der Waals surface area contributed by atoms with E-state index in [9.17, 15) is 0 Å². The molecule has 0 N–H and O–H groups in total. The van der Waals surface area contributed by atoms with Gasteiger partial charge in [0.2, 0.25) is 0 Å². The number of hydrogen-bond acceptors (Lipinski definition) is 3. The number of allylic oxidation sites excluding steroid dienone is 2. The van der Waals surface area contributed by atoms with Crippen molar-refractivity contribution >= 4 is 11.1 Å². The average molecular weight is 414 g/mol. The zero-order valence-electron chi connectivity index (χ0n) is 18.3. The highest BCUT2D eigenvalue weighted by atomic mass is 16.5. The molecule has 1 saturated heterocycles. The standard InChI is InChI=1S/C28H31NO2/c1-2-27(24-9-5-3-6-10-24)28(25-11-7-4-8-12-25)21-23-13-15-26(16-14-23)31-22-29-17-19-30-20-18-29/h3-16H,2,17-22H2,1H3/b28-27+. The van der Waals surface area contributed by atoms with Crippen molar-refractivity contribution in [2.24, 2.45) is 0 Å². The van der Waals surface area contributed by atoms with Gasteiger partial charge in [-0.15, -0.1) is 0 Å². The van der Waals surface area contributed by atoms with E-state index in [1.165, 1.54) is 27.8 Å². The molecule has 0 amide bonds. The Bertz CT molecular complexity index is 959. The van der Waals surface area contributed by atoms with Crippen LogP contribution in [0.5, 0.6) is 5.75 Å². The van der Waals surface area contributed by atoms with Crippen molar-refractivity contribution in [2.75, 3.05) is 33.0 Å². The number of nitrogens with zero attached hydrogens (tertiary/aromatic N) is 1. The first-order chi connectivity index (χ1) is 15.3. The SMILES string of the molecule is CC/C(=C(/Cc1ccc(OCN2CCOCC2)cc1)c1ccccc1)c1ccccc1. The summed E-state index contributed by atoms with van der Waals surface area (Å²) >= 11 is 0. The maximum absolute atomic E-state index is 5.99. The molecule has 0 aliphatic carbocycles. The molecule has 3 aromatic carbocycles. The van der Waals surface area contributed by atoms with E-state index in [-0.39, 0.29) is 0 Å². The van der Waals surface area contributed by atoms with E-state index < -0.39 is 0 Å². The smallest absolute Gasteiger partial charge is 0.142 e. The van der Waals surface area contributed by atoms with Gasteiger partial charge < -0.3 is 9.47 Å². The summed E-state index contributed by atoms with van der Waals surface area (Å²) < 4.78 is 11.4. The van der Waals surface area contributed by atoms with Crippen LogP contribution in [-0.2, 0) is 11.2 Å². The minimum atomic E-state index is 0.617. The molecule has 1 heterocycles. The van der Waals surface area contributed by atoms with Crippen LogP contribution < -0.4 is 4.74 Å². The van der Waals surface area contributed by atoms with Gasteiger partial charge in [-0.2, -0.15) is 0 Å². The van der Waals surface area contributed by atoms with Crippen molar-refractivity contribution in [3.8, 4) is 5.75 Å². The van der Waals surface area contributed by atoms with Crippen LogP contribution >= 0.6 is 0 Å². The molecular formula is C28H31NO2. The fraction of sp³-hybridized carbons (Fsp3) is 0.286. The van der Waals surface area contributed by atoms with Gasteiger partial charge in [-0.05, 0) is 52.8 Å². The topological polar surface area (TPSA) is 21.7 Å². The molecule has 1 aliphatic heterocycles. The van der Waals surface area contributed by atoms with Gasteiger partial charge in [0.15, 0.2) is 0 Å². The molecule has 0 bridgehead atoms. The quantitative estimate of drug-likeness (QED) is 0.428. The first kappa shape index (κ1) is 21.4. The molecule has 0 atom stereocenters. The number of morpholine rings is 1. The fourth-order valence-corrected chi connectivity index (χ4v) is 4.06. The molecule has 0 saturated carbocycles. The number of ether oxygens (including phenoxy) is 2. The zero-order chi connectivity index (χ0) is 21.3. The molecule has 31 heavy (non-hydrogen) atoms. The highest BCUT2D eigenvalue weighted by molar-refractivity contribution is 5.91. The second kappa shape index (κ2) is 10.9. The lowest BCUT2D eigenvalue weighted by Gasteiger charge is -2.26. The van der Waals surface area contributed by atoms with Crippen molar-refractivity contribution in [3.63, 3.8) is 0 Å². The summed E-state index contributed by atoms with van der Waals surface area (Å²) in [6.07, 6.45) is 1.89. The Morgan fingerprint density at radius 3 is 1.94 bits per heavy atom. The lowest BCUT2D eigenvalue weighted by molar-refractivity contribution is 0.00407. The van der Waals surface area contributed by atoms with Crippen LogP contribution in [0.3, 0.4) is 0 Å². The van der Waals surface area contributed by atoms with E-state index in [1.54, 1.807) is 0 Å². The lowest BCUT2D eigenvalue weighted by atomic mass is 9.89. The van der Waals surface area contributed by atoms with Crippen LogP contribution in [0.4, 0.5) is 0 Å². The molecule has 1 fully saturated rings. The van der Waals surface area contributed by atoms with Crippen LogP contribution in [0.1, 0.15) is 30.0 Å². The van der Waals surface area contributed by atoms with E-state index in [2.05, 4.69) is 96.8 Å². The Kier molecular flexibility index (Phi) is 7.54. The summed E-state index contributed by atoms with van der Waals surface area (Å²) in [6.45, 7) is 6.31. The minimum Gasteiger partial charge on any atom is -0.478 e. The Labute approximate surface area is 185 Å². The molecule has 0 radical (unpaired) electrons. The Morgan fingerprint density at radius 2 is 1.35 bits per heavy atom. The predicted octanol–water partition coefficient (Wildman–Crippen LogP) is 5.92. The first-order valence-corrected chi connectivity index (χ1v) is 11.2. The lowest BCUT2D eigenvalue weighted by Crippen LogP contribution is -2.38. The van der Waals surface area contributed by atoms with Crippen molar-refractivity contribution in [3.05, 3.63) is 102 Å². The van der Waals surface area contributed by atoms with Crippen molar-refractivity contribution in [1.82, 2.24) is 4.90 Å². The zero-order valence-corrected chi connectivity index (χ0v) is 18.3. The van der Waals surface area contributed by atoms with Gasteiger partial charge in [0.25, 0.3) is 0 Å². The van der Waals surface area contributed by atoms with E-state index in [1.807, 2.05) is 0 Å². The van der Waals surface area contributed by atoms with Gasteiger partial charge in [0, 0.05) is 13.1 Å². The Morgan fingerprint density at radius 1 is 0.774 bits per heavy atom. The van der Waals surface area contributed by atoms with Gasteiger partial charge in [-0.3, -0.25) is 4.90 Å². The maximum Gasteiger partial charge on any atom is 0.142 e. The molecule has 0 aromatic heterocycles. The Balaban J connectivity index is 1.54. The number of rotatable bonds is 8. The van der Waals surface area contributed by atoms with Crippen LogP contribution in [0.2, 0.25) is 0 Å². The summed E-state index contributed by atoms with van der Waals surface area (Å²) in [5.74, 6) is 0.916. The van der Waals surface area contributed by atoms with E-state index >= 15 is 0 Å². The normalized spacial score (nSPS) is 15.4. The third-order valence-corrected chi connectivity index (χ3v) is 5.78.